The van der Waals surface area contributed by atoms with E-state index in [1.165, 1.54) is 12.1 Å². The molecule has 4 rings (SSSR count). The van der Waals surface area contributed by atoms with Gasteiger partial charge in [-0.3, -0.25) is 10.1 Å². The lowest BCUT2D eigenvalue weighted by Gasteiger charge is -2.47. The zero-order chi connectivity index (χ0) is 30.0. The van der Waals surface area contributed by atoms with Crippen molar-refractivity contribution in [1.29, 1.82) is 0 Å². The fourth-order valence-electron chi connectivity index (χ4n) is 4.63. The van der Waals surface area contributed by atoms with E-state index in [9.17, 15) is 56.1 Å². The first-order valence-corrected chi connectivity index (χ1v) is 12.6. The highest BCUT2D eigenvalue weighted by Crippen LogP contribution is 2.32. The Morgan fingerprint density at radius 3 is 1.93 bits per heavy atom. The van der Waals surface area contributed by atoms with E-state index < -0.39 is 111 Å². The van der Waals surface area contributed by atoms with Crippen LogP contribution >= 0.6 is 0 Å². The molecule has 0 amide bonds. The molecule has 0 saturated carbocycles. The largest absolute Gasteiger partial charge is 0.462 e. The Morgan fingerprint density at radius 1 is 0.732 bits per heavy atom. The molecular formula is C23H33NO17. The zero-order valence-corrected chi connectivity index (χ0v) is 21.3. The second-order valence-electron chi connectivity index (χ2n) is 9.73. The first kappa shape index (κ1) is 31.8. The quantitative estimate of drug-likeness (QED) is 0.0954. The topological polar surface area (TPSA) is 281 Å². The van der Waals surface area contributed by atoms with Crippen LogP contribution in [0.15, 0.2) is 24.3 Å². The fraction of sp³-hybridized carbons (Fsp3) is 0.739. The third-order valence-electron chi connectivity index (χ3n) is 6.98. The molecule has 1 aromatic rings. The summed E-state index contributed by atoms with van der Waals surface area (Å²) >= 11 is 0. The van der Waals surface area contributed by atoms with Gasteiger partial charge in [0, 0.05) is 12.1 Å². The van der Waals surface area contributed by atoms with Gasteiger partial charge in [0.15, 0.2) is 12.6 Å². The summed E-state index contributed by atoms with van der Waals surface area (Å²) in [6, 6.07) is 4.75. The monoisotopic (exact) mass is 595 g/mol. The van der Waals surface area contributed by atoms with E-state index in [0.717, 1.165) is 12.1 Å². The lowest BCUT2D eigenvalue weighted by Crippen LogP contribution is -2.66. The van der Waals surface area contributed by atoms with Crippen molar-refractivity contribution in [3.63, 3.8) is 0 Å². The van der Waals surface area contributed by atoms with E-state index in [1.54, 1.807) is 0 Å². The summed E-state index contributed by atoms with van der Waals surface area (Å²) in [6.45, 7) is -2.03. The lowest BCUT2D eigenvalue weighted by molar-refractivity contribution is -0.384. The van der Waals surface area contributed by atoms with Gasteiger partial charge in [-0.25, -0.2) is 0 Å². The number of nitrogens with zero attached hydrogens (tertiary/aromatic N) is 1. The van der Waals surface area contributed by atoms with Gasteiger partial charge < -0.3 is 74.4 Å². The number of ether oxygens (including phenoxy) is 6. The molecule has 18 nitrogen and oxygen atoms in total. The van der Waals surface area contributed by atoms with E-state index in [0.29, 0.717) is 0 Å². The smallest absolute Gasteiger partial charge is 0.269 e. The molecule has 232 valence electrons. The Balaban J connectivity index is 1.46. The first-order valence-electron chi connectivity index (χ1n) is 12.6. The van der Waals surface area contributed by atoms with Crippen molar-refractivity contribution in [2.24, 2.45) is 0 Å². The van der Waals surface area contributed by atoms with Crippen LogP contribution < -0.4 is 4.74 Å². The predicted octanol–water partition coefficient (Wildman–Crippen LogP) is -4.94. The van der Waals surface area contributed by atoms with Crippen LogP contribution in [0.5, 0.6) is 5.75 Å². The summed E-state index contributed by atoms with van der Waals surface area (Å²) in [5, 5.41) is 103. The van der Waals surface area contributed by atoms with Gasteiger partial charge in [-0.15, -0.1) is 0 Å². The highest BCUT2D eigenvalue weighted by Gasteiger charge is 2.53. The summed E-state index contributed by atoms with van der Waals surface area (Å²) in [6.07, 6.45) is -23.1. The van der Waals surface area contributed by atoms with Crippen molar-refractivity contribution in [2.45, 2.75) is 86.0 Å². The number of aliphatic hydroxyl groups excluding tert-OH is 9. The van der Waals surface area contributed by atoms with Crippen molar-refractivity contribution in [2.75, 3.05) is 19.8 Å². The number of rotatable bonds is 9. The predicted molar refractivity (Wildman–Crippen MR) is 127 cm³/mol. The van der Waals surface area contributed by atoms with Crippen LogP contribution in [0.1, 0.15) is 0 Å². The van der Waals surface area contributed by atoms with E-state index in [1.807, 2.05) is 0 Å². The number of hydrogen-bond acceptors (Lipinski definition) is 17. The van der Waals surface area contributed by atoms with E-state index >= 15 is 0 Å². The number of hydrogen-bond donors (Lipinski definition) is 9. The Hall–Kier alpha value is -2.14. The van der Waals surface area contributed by atoms with Crippen molar-refractivity contribution in [3.05, 3.63) is 34.4 Å². The number of non-ortho nitro benzene ring substituents is 1. The third kappa shape index (κ3) is 6.76. The lowest BCUT2D eigenvalue weighted by atomic mass is 9.96. The highest BCUT2D eigenvalue weighted by atomic mass is 16.8. The van der Waals surface area contributed by atoms with Gasteiger partial charge in [0.05, 0.1) is 24.7 Å². The molecule has 3 heterocycles. The van der Waals surface area contributed by atoms with Gasteiger partial charge in [-0.2, -0.15) is 0 Å². The summed E-state index contributed by atoms with van der Waals surface area (Å²) in [5.41, 5.74) is -0.220. The average molecular weight is 596 g/mol. The Labute approximate surface area is 231 Å². The van der Waals surface area contributed by atoms with E-state index in [4.69, 9.17) is 28.4 Å². The maximum atomic E-state index is 10.9. The molecule has 9 N–H and O–H groups in total. The van der Waals surface area contributed by atoms with Crippen molar-refractivity contribution >= 4 is 5.69 Å². The first-order chi connectivity index (χ1) is 19.5. The van der Waals surface area contributed by atoms with Gasteiger partial charge in [0.2, 0.25) is 6.29 Å². The second kappa shape index (κ2) is 13.4. The molecule has 0 radical (unpaired) electrons. The SMILES string of the molecule is O=[N+]([O-])c1ccc(O[C@@H]2O[C@H](CO)[C@@H](O[C@@H]3O[C@H](CO)[C@@H](O)[C@H](O[C@H]4OC[C@@H](O)[C@H](O)[C@H]4O)[C@H]3O)[C@H](O)[C@H]2O)cc1. The third-order valence-corrected chi connectivity index (χ3v) is 6.98. The maximum Gasteiger partial charge on any atom is 0.269 e. The maximum absolute atomic E-state index is 10.9. The zero-order valence-electron chi connectivity index (χ0n) is 21.3. The highest BCUT2D eigenvalue weighted by molar-refractivity contribution is 5.36. The number of nitro groups is 1. The van der Waals surface area contributed by atoms with E-state index in [-0.39, 0.29) is 11.4 Å². The van der Waals surface area contributed by atoms with Gasteiger partial charge in [0.25, 0.3) is 5.69 Å². The van der Waals surface area contributed by atoms with Crippen LogP contribution in [0, 0.1) is 10.1 Å². The minimum atomic E-state index is -1.88. The summed E-state index contributed by atoms with van der Waals surface area (Å²) in [5.74, 6) is 0.0402. The molecular weight excluding hydrogens is 562 g/mol. The van der Waals surface area contributed by atoms with Crippen LogP contribution in [0.25, 0.3) is 0 Å². The van der Waals surface area contributed by atoms with Crippen molar-refractivity contribution < 1.29 is 79.3 Å². The number of benzene rings is 1. The molecule has 41 heavy (non-hydrogen) atoms. The normalized spacial score (nSPS) is 43.4. The molecule has 3 aliphatic heterocycles. The molecule has 18 heteroatoms. The standard InChI is InChI=1S/C23H33NO17/c25-5-11-14(29)20(41-21-16(31)13(28)10(27)7-36-21)18(33)23(38-11)40-19-12(6-26)39-22(17(32)15(19)30)37-9-3-1-8(2-4-9)24(34)35/h1-4,10-23,25-33H,5-7H2/t10-,11-,12-,13+,14-,15-,16-,17-,18-,19-,20+,21-,22-,23+/m1/s1. The summed E-state index contributed by atoms with van der Waals surface area (Å²) in [7, 11) is 0. The van der Waals surface area contributed by atoms with Crippen molar-refractivity contribution in [3.8, 4) is 5.75 Å². The minimum Gasteiger partial charge on any atom is -0.462 e. The van der Waals surface area contributed by atoms with Crippen molar-refractivity contribution in [1.82, 2.24) is 0 Å². The second-order valence-corrected chi connectivity index (χ2v) is 9.73. The van der Waals surface area contributed by atoms with Crippen LogP contribution in [0.2, 0.25) is 0 Å². The van der Waals surface area contributed by atoms with Gasteiger partial charge in [0.1, 0.15) is 72.9 Å². The van der Waals surface area contributed by atoms with Crippen LogP contribution in [-0.4, -0.2) is 157 Å². The fourth-order valence-corrected chi connectivity index (χ4v) is 4.63. The number of aliphatic hydroxyl groups is 9. The molecule has 0 spiro atoms. The van der Waals surface area contributed by atoms with Crippen LogP contribution in [0.3, 0.4) is 0 Å². The molecule has 0 bridgehead atoms. The molecule has 1 aromatic carbocycles. The molecule has 0 aliphatic carbocycles. The molecule has 0 unspecified atom stereocenters. The minimum absolute atomic E-state index is 0.0402. The summed E-state index contributed by atoms with van der Waals surface area (Å²) < 4.78 is 32.7. The van der Waals surface area contributed by atoms with Gasteiger partial charge in [-0.1, -0.05) is 0 Å². The molecule has 3 fully saturated rings. The Bertz CT molecular complexity index is 999. The van der Waals surface area contributed by atoms with Gasteiger partial charge in [-0.05, 0) is 12.1 Å². The van der Waals surface area contributed by atoms with Crippen LogP contribution in [-0.2, 0) is 23.7 Å². The molecule has 0 aromatic heterocycles. The molecule has 3 aliphatic rings. The molecule has 3 saturated heterocycles. The van der Waals surface area contributed by atoms with E-state index in [2.05, 4.69) is 0 Å². The number of nitro benzene ring substituents is 1. The molecule has 14 atom stereocenters. The average Bonchev–Trinajstić information content (AvgIpc) is 2.96. The van der Waals surface area contributed by atoms with Crippen LogP contribution in [0.4, 0.5) is 5.69 Å². The summed E-state index contributed by atoms with van der Waals surface area (Å²) in [4.78, 5) is 10.2. The van der Waals surface area contributed by atoms with Gasteiger partial charge >= 0.3 is 0 Å². The Kier molecular flexibility index (Phi) is 10.4. The Morgan fingerprint density at radius 2 is 1.32 bits per heavy atom.